The van der Waals surface area contributed by atoms with E-state index in [4.69, 9.17) is 4.74 Å². The highest BCUT2D eigenvalue weighted by molar-refractivity contribution is 7.92. The lowest BCUT2D eigenvalue weighted by atomic mass is 10.2. The quantitative estimate of drug-likeness (QED) is 0.917. The largest absolute Gasteiger partial charge is 0.491 e. The molecule has 0 atom stereocenters. The summed E-state index contributed by atoms with van der Waals surface area (Å²) in [5.41, 5.74) is 0.751. The van der Waals surface area contributed by atoms with Crippen molar-refractivity contribution in [1.29, 1.82) is 0 Å². The Hall–Kier alpha value is -2.15. The summed E-state index contributed by atoms with van der Waals surface area (Å²) in [6, 6.07) is 6.31. The normalized spacial score (nSPS) is 11.4. The van der Waals surface area contributed by atoms with Crippen molar-refractivity contribution in [2.24, 2.45) is 0 Å². The molecule has 0 saturated heterocycles. The lowest BCUT2D eigenvalue weighted by Crippen LogP contribution is -2.15. The van der Waals surface area contributed by atoms with Gasteiger partial charge in [-0.05, 0) is 50.6 Å². The molecule has 112 valence electrons. The lowest BCUT2D eigenvalue weighted by Gasteiger charge is -2.13. The standard InChI is InChI=1S/C14H17N3O3S/c1-10(2)20-13-6-5-12(9-11(13)3)21(18,19)17-14-15-7-4-8-16-14/h4-10H,1-3H3,(H,15,16,17). The number of anilines is 1. The van der Waals surface area contributed by atoms with E-state index >= 15 is 0 Å². The second-order valence-corrected chi connectivity index (χ2v) is 6.45. The van der Waals surface area contributed by atoms with Gasteiger partial charge < -0.3 is 4.74 Å². The Balaban J connectivity index is 2.27. The second kappa shape index (κ2) is 6.09. The number of ether oxygens (including phenoxy) is 1. The van der Waals surface area contributed by atoms with Crippen molar-refractivity contribution in [2.75, 3.05) is 4.72 Å². The van der Waals surface area contributed by atoms with Crippen LogP contribution in [-0.2, 0) is 10.0 Å². The number of hydrogen-bond acceptors (Lipinski definition) is 5. The maximum absolute atomic E-state index is 12.3. The van der Waals surface area contributed by atoms with E-state index in [1.807, 2.05) is 13.8 Å². The number of nitrogens with zero attached hydrogens (tertiary/aromatic N) is 2. The van der Waals surface area contributed by atoms with Crippen LogP contribution >= 0.6 is 0 Å². The van der Waals surface area contributed by atoms with E-state index in [9.17, 15) is 8.42 Å². The average molecular weight is 307 g/mol. The van der Waals surface area contributed by atoms with Gasteiger partial charge in [-0.15, -0.1) is 0 Å². The fourth-order valence-electron chi connectivity index (χ4n) is 1.71. The molecular formula is C14H17N3O3S. The Morgan fingerprint density at radius 3 is 2.43 bits per heavy atom. The van der Waals surface area contributed by atoms with E-state index in [-0.39, 0.29) is 16.9 Å². The first-order valence-electron chi connectivity index (χ1n) is 6.45. The van der Waals surface area contributed by atoms with Crippen LogP contribution < -0.4 is 9.46 Å². The smallest absolute Gasteiger partial charge is 0.264 e. The third-order valence-electron chi connectivity index (χ3n) is 2.61. The van der Waals surface area contributed by atoms with Gasteiger partial charge in [0.05, 0.1) is 11.0 Å². The Morgan fingerprint density at radius 1 is 1.19 bits per heavy atom. The van der Waals surface area contributed by atoms with Gasteiger partial charge in [-0.2, -0.15) is 0 Å². The third-order valence-corrected chi connectivity index (χ3v) is 3.94. The summed E-state index contributed by atoms with van der Waals surface area (Å²) in [4.78, 5) is 7.83. The Labute approximate surface area is 124 Å². The van der Waals surface area contributed by atoms with Crippen molar-refractivity contribution < 1.29 is 13.2 Å². The number of hydrogen-bond donors (Lipinski definition) is 1. The number of benzene rings is 1. The summed E-state index contributed by atoms with van der Waals surface area (Å²) in [6.45, 7) is 5.63. The molecule has 2 rings (SSSR count). The maximum Gasteiger partial charge on any atom is 0.264 e. The predicted molar refractivity (Wildman–Crippen MR) is 79.8 cm³/mol. The van der Waals surface area contributed by atoms with Crippen molar-refractivity contribution in [2.45, 2.75) is 31.8 Å². The molecule has 0 fully saturated rings. The molecule has 21 heavy (non-hydrogen) atoms. The van der Waals surface area contributed by atoms with E-state index in [1.165, 1.54) is 18.5 Å². The number of nitrogens with one attached hydrogen (secondary N) is 1. The Morgan fingerprint density at radius 2 is 1.86 bits per heavy atom. The molecule has 0 spiro atoms. The lowest BCUT2D eigenvalue weighted by molar-refractivity contribution is 0.240. The third kappa shape index (κ3) is 3.91. The van der Waals surface area contributed by atoms with Crippen LogP contribution in [0.5, 0.6) is 5.75 Å². The minimum absolute atomic E-state index is 0.0296. The molecule has 0 radical (unpaired) electrons. The van der Waals surface area contributed by atoms with Crippen molar-refractivity contribution in [1.82, 2.24) is 9.97 Å². The van der Waals surface area contributed by atoms with E-state index in [0.29, 0.717) is 5.75 Å². The first-order valence-corrected chi connectivity index (χ1v) is 7.94. The molecule has 1 heterocycles. The van der Waals surface area contributed by atoms with Crippen LogP contribution in [0.3, 0.4) is 0 Å². The summed E-state index contributed by atoms with van der Waals surface area (Å²) in [7, 11) is -3.71. The first-order chi connectivity index (χ1) is 9.88. The molecule has 1 aromatic heterocycles. The van der Waals surface area contributed by atoms with E-state index < -0.39 is 10.0 Å². The molecule has 6 nitrogen and oxygen atoms in total. The molecule has 1 N–H and O–H groups in total. The molecule has 0 unspecified atom stereocenters. The van der Waals surface area contributed by atoms with Crippen molar-refractivity contribution in [3.8, 4) is 5.75 Å². The van der Waals surface area contributed by atoms with Gasteiger partial charge in [-0.25, -0.2) is 23.1 Å². The molecule has 0 saturated carbocycles. The zero-order valence-electron chi connectivity index (χ0n) is 12.1. The van der Waals surface area contributed by atoms with Gasteiger partial charge in [0.2, 0.25) is 5.95 Å². The second-order valence-electron chi connectivity index (χ2n) is 4.77. The first kappa shape index (κ1) is 15.2. The molecular weight excluding hydrogens is 290 g/mol. The number of aryl methyl sites for hydroxylation is 1. The van der Waals surface area contributed by atoms with Crippen LogP contribution in [0.15, 0.2) is 41.6 Å². The molecule has 0 aliphatic rings. The highest BCUT2D eigenvalue weighted by Crippen LogP contribution is 2.23. The van der Waals surface area contributed by atoms with Gasteiger partial charge in [0.1, 0.15) is 5.75 Å². The minimum atomic E-state index is -3.71. The number of aromatic nitrogens is 2. The summed E-state index contributed by atoms with van der Waals surface area (Å²) in [5, 5.41) is 0. The summed E-state index contributed by atoms with van der Waals surface area (Å²) >= 11 is 0. The van der Waals surface area contributed by atoms with Gasteiger partial charge in [0, 0.05) is 12.4 Å². The van der Waals surface area contributed by atoms with Crippen LogP contribution in [0.1, 0.15) is 19.4 Å². The van der Waals surface area contributed by atoms with Crippen molar-refractivity contribution in [3.05, 3.63) is 42.2 Å². The van der Waals surface area contributed by atoms with Gasteiger partial charge in [0.25, 0.3) is 10.0 Å². The van der Waals surface area contributed by atoms with Gasteiger partial charge in [-0.3, -0.25) is 0 Å². The van der Waals surface area contributed by atoms with Crippen molar-refractivity contribution in [3.63, 3.8) is 0 Å². The highest BCUT2D eigenvalue weighted by atomic mass is 32.2. The maximum atomic E-state index is 12.3. The van der Waals surface area contributed by atoms with Crippen LogP contribution in [-0.4, -0.2) is 24.5 Å². The van der Waals surface area contributed by atoms with Gasteiger partial charge in [-0.1, -0.05) is 0 Å². The van der Waals surface area contributed by atoms with Crippen LogP contribution in [0, 0.1) is 6.92 Å². The monoisotopic (exact) mass is 307 g/mol. The topological polar surface area (TPSA) is 81.2 Å². The molecule has 0 amide bonds. The van der Waals surface area contributed by atoms with Crippen LogP contribution in [0.2, 0.25) is 0 Å². The summed E-state index contributed by atoms with van der Waals surface area (Å²) in [6.07, 6.45) is 2.97. The fraction of sp³-hybridized carbons (Fsp3) is 0.286. The van der Waals surface area contributed by atoms with Gasteiger partial charge in [0.15, 0.2) is 0 Å². The SMILES string of the molecule is Cc1cc(S(=O)(=O)Nc2ncccn2)ccc1OC(C)C. The van der Waals surface area contributed by atoms with E-state index in [1.54, 1.807) is 25.1 Å². The van der Waals surface area contributed by atoms with Crippen LogP contribution in [0.4, 0.5) is 5.95 Å². The minimum Gasteiger partial charge on any atom is -0.491 e. The Bertz CT molecular complexity index is 715. The molecule has 1 aromatic carbocycles. The highest BCUT2D eigenvalue weighted by Gasteiger charge is 2.17. The van der Waals surface area contributed by atoms with Crippen molar-refractivity contribution >= 4 is 16.0 Å². The molecule has 2 aromatic rings. The number of rotatable bonds is 5. The average Bonchev–Trinajstić information content (AvgIpc) is 2.41. The fourth-order valence-corrected chi connectivity index (χ4v) is 2.75. The summed E-state index contributed by atoms with van der Waals surface area (Å²) < 4.78 is 32.4. The summed E-state index contributed by atoms with van der Waals surface area (Å²) in [5.74, 6) is 0.706. The van der Waals surface area contributed by atoms with Gasteiger partial charge >= 0.3 is 0 Å². The zero-order chi connectivity index (χ0) is 15.5. The predicted octanol–water partition coefficient (Wildman–Crippen LogP) is 2.37. The zero-order valence-corrected chi connectivity index (χ0v) is 12.9. The van der Waals surface area contributed by atoms with Crippen LogP contribution in [0.25, 0.3) is 0 Å². The molecule has 0 bridgehead atoms. The Kier molecular flexibility index (Phi) is 4.42. The molecule has 0 aliphatic carbocycles. The molecule has 7 heteroatoms. The van der Waals surface area contributed by atoms with E-state index in [2.05, 4.69) is 14.7 Å². The number of sulfonamides is 1. The molecule has 0 aliphatic heterocycles. The van der Waals surface area contributed by atoms with E-state index in [0.717, 1.165) is 5.56 Å².